The van der Waals surface area contributed by atoms with Gasteiger partial charge in [0.1, 0.15) is 25.8 Å². The third-order valence-corrected chi connectivity index (χ3v) is 3.47. The van der Waals surface area contributed by atoms with Crippen molar-refractivity contribution in [2.45, 2.75) is 25.5 Å². The van der Waals surface area contributed by atoms with Crippen LogP contribution in [0.15, 0.2) is 30.3 Å². The molecule has 1 aromatic carbocycles. The molecule has 0 aromatic heterocycles. The molecule has 0 spiro atoms. The van der Waals surface area contributed by atoms with Crippen LogP contribution in [0, 0.1) is 0 Å². The normalized spacial score (nSPS) is 12.1. The fourth-order valence-electron chi connectivity index (χ4n) is 1.93. The lowest BCUT2D eigenvalue weighted by atomic mass is 10.1. The number of alkyl carbamates (subject to hydrolysis) is 1. The topological polar surface area (TPSA) is 102 Å². The number of likely N-dealkylation sites (N-methyl/N-ethyl adjacent to an activating group) is 1. The Balaban J connectivity index is 2.35. The van der Waals surface area contributed by atoms with E-state index >= 15 is 0 Å². The van der Waals surface area contributed by atoms with Gasteiger partial charge in [0.15, 0.2) is 0 Å². The van der Waals surface area contributed by atoms with Crippen molar-refractivity contribution < 1.29 is 33.4 Å². The van der Waals surface area contributed by atoms with Gasteiger partial charge < -0.3 is 24.4 Å². The van der Waals surface area contributed by atoms with Gasteiger partial charge in [0, 0.05) is 6.42 Å². The van der Waals surface area contributed by atoms with Crippen molar-refractivity contribution in [3.05, 3.63) is 35.9 Å². The highest BCUT2D eigenvalue weighted by Gasteiger charge is 2.22. The van der Waals surface area contributed by atoms with Crippen molar-refractivity contribution in [1.82, 2.24) is 5.32 Å². The molecule has 0 saturated heterocycles. The van der Waals surface area contributed by atoms with E-state index in [1.165, 1.54) is 0 Å². The van der Waals surface area contributed by atoms with E-state index in [1.54, 1.807) is 24.3 Å². The standard InChI is InChI=1S/C18H26N2O6/c1-20(2,3)11-12-25-16(21)10-9-15(17(22)23)19-18(24)26-13-14-7-5-4-6-8-14/h4-8,15H,9-13H2,1-3H3,(H-,19,22,23,24)/p+1. The number of carboxylic acids is 1. The molecule has 1 aromatic rings. The molecule has 0 fully saturated rings. The molecular formula is C18H27N2O6+. The quantitative estimate of drug-likeness (QED) is 0.479. The molecule has 144 valence electrons. The maximum Gasteiger partial charge on any atom is 0.408 e. The van der Waals surface area contributed by atoms with Crippen molar-refractivity contribution in [1.29, 1.82) is 0 Å². The second-order valence-electron chi connectivity index (χ2n) is 6.87. The maximum absolute atomic E-state index is 11.7. The number of nitrogens with one attached hydrogen (secondary N) is 1. The highest BCUT2D eigenvalue weighted by atomic mass is 16.5. The van der Waals surface area contributed by atoms with E-state index in [1.807, 2.05) is 27.2 Å². The number of ether oxygens (including phenoxy) is 2. The summed E-state index contributed by atoms with van der Waals surface area (Å²) >= 11 is 0. The van der Waals surface area contributed by atoms with E-state index in [0.717, 1.165) is 5.56 Å². The zero-order valence-corrected chi connectivity index (χ0v) is 15.4. The highest BCUT2D eigenvalue weighted by Crippen LogP contribution is 2.04. The Morgan fingerprint density at radius 1 is 1.12 bits per heavy atom. The Morgan fingerprint density at radius 2 is 1.77 bits per heavy atom. The molecule has 1 rings (SSSR count). The lowest BCUT2D eigenvalue weighted by Gasteiger charge is -2.23. The summed E-state index contributed by atoms with van der Waals surface area (Å²) in [6.07, 6.45) is -1.02. The summed E-state index contributed by atoms with van der Waals surface area (Å²) < 4.78 is 10.7. The number of benzene rings is 1. The molecule has 26 heavy (non-hydrogen) atoms. The van der Waals surface area contributed by atoms with Crippen molar-refractivity contribution >= 4 is 18.0 Å². The molecule has 1 atom stereocenters. The molecule has 0 heterocycles. The van der Waals surface area contributed by atoms with Gasteiger partial charge >= 0.3 is 18.0 Å². The van der Waals surface area contributed by atoms with Gasteiger partial charge in [-0.25, -0.2) is 9.59 Å². The lowest BCUT2D eigenvalue weighted by Crippen LogP contribution is -2.41. The molecular weight excluding hydrogens is 340 g/mol. The third kappa shape index (κ3) is 9.63. The number of quaternary nitrogens is 1. The van der Waals surface area contributed by atoms with Gasteiger partial charge in [-0.3, -0.25) is 4.79 Å². The molecule has 0 radical (unpaired) electrons. The van der Waals surface area contributed by atoms with Gasteiger partial charge in [-0.1, -0.05) is 30.3 Å². The van der Waals surface area contributed by atoms with Gasteiger partial charge in [0.2, 0.25) is 0 Å². The number of amides is 1. The van der Waals surface area contributed by atoms with E-state index in [-0.39, 0.29) is 26.1 Å². The largest absolute Gasteiger partial charge is 0.480 e. The number of esters is 1. The number of hydrogen-bond acceptors (Lipinski definition) is 5. The minimum Gasteiger partial charge on any atom is -0.480 e. The number of rotatable bonds is 10. The predicted molar refractivity (Wildman–Crippen MR) is 94.3 cm³/mol. The van der Waals surface area contributed by atoms with Crippen LogP contribution >= 0.6 is 0 Å². The Bertz CT molecular complexity index is 597. The Hall–Kier alpha value is -2.61. The zero-order chi connectivity index (χ0) is 19.6. The Morgan fingerprint density at radius 3 is 2.35 bits per heavy atom. The van der Waals surface area contributed by atoms with Gasteiger partial charge in [-0.15, -0.1) is 0 Å². The van der Waals surface area contributed by atoms with Gasteiger partial charge in [0.25, 0.3) is 0 Å². The third-order valence-electron chi connectivity index (χ3n) is 3.47. The maximum atomic E-state index is 11.7. The molecule has 0 bridgehead atoms. The van der Waals surface area contributed by atoms with Crippen LogP contribution in [0.3, 0.4) is 0 Å². The monoisotopic (exact) mass is 367 g/mol. The summed E-state index contributed by atoms with van der Waals surface area (Å²) in [7, 11) is 5.91. The average Bonchev–Trinajstić information content (AvgIpc) is 2.56. The second-order valence-corrected chi connectivity index (χ2v) is 6.87. The molecule has 0 aliphatic rings. The summed E-state index contributed by atoms with van der Waals surface area (Å²) in [6, 6.07) is 7.80. The van der Waals surface area contributed by atoms with Crippen molar-refractivity contribution in [3.8, 4) is 0 Å². The Labute approximate surface area is 153 Å². The summed E-state index contributed by atoms with van der Waals surface area (Å²) in [4.78, 5) is 34.7. The smallest absolute Gasteiger partial charge is 0.408 e. The van der Waals surface area contributed by atoms with E-state index in [0.29, 0.717) is 11.0 Å². The van der Waals surface area contributed by atoms with Crippen LogP contribution < -0.4 is 5.32 Å². The van der Waals surface area contributed by atoms with Crippen molar-refractivity contribution in [3.63, 3.8) is 0 Å². The first-order chi connectivity index (χ1) is 12.2. The van der Waals surface area contributed by atoms with Crippen LogP contribution in [0.5, 0.6) is 0 Å². The number of nitrogens with zero attached hydrogens (tertiary/aromatic N) is 1. The molecule has 8 heteroatoms. The average molecular weight is 367 g/mol. The Kier molecular flexibility index (Phi) is 8.57. The second kappa shape index (κ2) is 10.4. The van der Waals surface area contributed by atoms with Crippen LogP contribution in [0.1, 0.15) is 18.4 Å². The van der Waals surface area contributed by atoms with Crippen molar-refractivity contribution in [2.24, 2.45) is 0 Å². The summed E-state index contributed by atoms with van der Waals surface area (Å²) in [5.74, 6) is -1.73. The minimum atomic E-state index is -1.24. The minimum absolute atomic E-state index is 0.0338. The molecule has 2 N–H and O–H groups in total. The number of carboxylic acid groups (broad SMARTS) is 1. The van der Waals surface area contributed by atoms with Gasteiger partial charge in [-0.05, 0) is 12.0 Å². The van der Waals surface area contributed by atoms with E-state index in [9.17, 15) is 19.5 Å². The molecule has 1 unspecified atom stereocenters. The highest BCUT2D eigenvalue weighted by molar-refractivity contribution is 5.80. The van der Waals surface area contributed by atoms with E-state index in [4.69, 9.17) is 9.47 Å². The van der Waals surface area contributed by atoms with E-state index in [2.05, 4.69) is 5.32 Å². The number of carbonyl (C=O) groups excluding carboxylic acids is 2. The first-order valence-corrected chi connectivity index (χ1v) is 8.33. The molecule has 0 saturated carbocycles. The number of carbonyl (C=O) groups is 3. The lowest BCUT2D eigenvalue weighted by molar-refractivity contribution is -0.870. The van der Waals surface area contributed by atoms with Crippen LogP contribution in [0.25, 0.3) is 0 Å². The van der Waals surface area contributed by atoms with Crippen molar-refractivity contribution in [2.75, 3.05) is 34.3 Å². The van der Waals surface area contributed by atoms with Crippen LogP contribution in [-0.4, -0.2) is 68.0 Å². The predicted octanol–water partition coefficient (Wildman–Crippen LogP) is 1.40. The van der Waals surface area contributed by atoms with Crippen LogP contribution in [0.4, 0.5) is 4.79 Å². The van der Waals surface area contributed by atoms with Crippen LogP contribution in [-0.2, 0) is 25.7 Å². The summed E-state index contributed by atoms with van der Waals surface area (Å²) in [5.41, 5.74) is 0.787. The summed E-state index contributed by atoms with van der Waals surface area (Å²) in [6.45, 7) is 0.941. The fraction of sp³-hybridized carbons (Fsp3) is 0.500. The summed E-state index contributed by atoms with van der Waals surface area (Å²) in [5, 5.41) is 11.4. The fourth-order valence-corrected chi connectivity index (χ4v) is 1.93. The van der Waals surface area contributed by atoms with Gasteiger partial charge in [0.05, 0.1) is 21.1 Å². The molecule has 8 nitrogen and oxygen atoms in total. The molecule has 0 aliphatic carbocycles. The zero-order valence-electron chi connectivity index (χ0n) is 15.4. The molecule has 1 amide bonds. The van der Waals surface area contributed by atoms with Crippen LogP contribution in [0.2, 0.25) is 0 Å². The SMILES string of the molecule is C[N+](C)(C)CCOC(=O)CCC(NC(=O)OCc1ccccc1)C(=O)O. The first kappa shape index (κ1) is 21.4. The number of hydrogen-bond donors (Lipinski definition) is 2. The first-order valence-electron chi connectivity index (χ1n) is 8.33. The number of aliphatic carboxylic acids is 1. The van der Waals surface area contributed by atoms with E-state index < -0.39 is 24.1 Å². The van der Waals surface area contributed by atoms with Gasteiger partial charge in [-0.2, -0.15) is 0 Å². The molecule has 0 aliphatic heterocycles.